The van der Waals surface area contributed by atoms with Gasteiger partial charge in [-0.15, -0.1) is 0 Å². The van der Waals surface area contributed by atoms with Gasteiger partial charge in [-0.1, -0.05) is 0 Å². The molecule has 0 saturated carbocycles. The Balaban J connectivity index is 3.96. The molecule has 1 unspecified atom stereocenters. The van der Waals surface area contributed by atoms with Crippen LogP contribution in [0.3, 0.4) is 0 Å². The Morgan fingerprint density at radius 3 is 2.40 bits per heavy atom. The molecule has 88 valence electrons. The fourth-order valence-electron chi connectivity index (χ4n) is 0.800. The molecule has 0 saturated heterocycles. The number of rotatable bonds is 6. The summed E-state index contributed by atoms with van der Waals surface area (Å²) in [5.74, 6) is -1.15. The predicted molar refractivity (Wildman–Crippen MR) is 52.1 cm³/mol. The van der Waals surface area contributed by atoms with Gasteiger partial charge in [-0.3, -0.25) is 4.79 Å². The smallest absolute Gasteiger partial charge is 0.330 e. The normalized spacial score (nSPS) is 12.3. The number of hydrogen-bond acceptors (Lipinski definition) is 5. The highest BCUT2D eigenvalue weighted by Gasteiger charge is 2.20. The summed E-state index contributed by atoms with van der Waals surface area (Å²) in [6, 6.07) is -1.03. The first kappa shape index (κ1) is 13.9. The molecule has 6 nitrogen and oxygen atoms in total. The molecule has 6 heteroatoms. The number of amides is 1. The van der Waals surface area contributed by atoms with Gasteiger partial charge in [0.2, 0.25) is 5.91 Å². The zero-order valence-electron chi connectivity index (χ0n) is 9.15. The summed E-state index contributed by atoms with van der Waals surface area (Å²) in [5, 5.41) is 11.1. The highest BCUT2D eigenvalue weighted by molar-refractivity contribution is 5.85. The highest BCUT2D eigenvalue weighted by atomic mass is 16.5. The SMILES string of the molecule is COC(=O)C(CO)NC(=O)COC(C)C. The monoisotopic (exact) mass is 219 g/mol. The molecule has 0 aliphatic heterocycles. The molecule has 1 atom stereocenters. The molecule has 15 heavy (non-hydrogen) atoms. The van der Waals surface area contributed by atoms with Crippen LogP contribution < -0.4 is 5.32 Å². The number of ether oxygens (including phenoxy) is 2. The van der Waals surface area contributed by atoms with Crippen molar-refractivity contribution >= 4 is 11.9 Å². The van der Waals surface area contributed by atoms with E-state index < -0.39 is 24.5 Å². The molecule has 0 radical (unpaired) electrons. The highest BCUT2D eigenvalue weighted by Crippen LogP contribution is 1.90. The lowest BCUT2D eigenvalue weighted by Crippen LogP contribution is -2.45. The molecule has 0 fully saturated rings. The Morgan fingerprint density at radius 2 is 2.00 bits per heavy atom. The summed E-state index contributed by atoms with van der Waals surface area (Å²) >= 11 is 0. The summed E-state index contributed by atoms with van der Waals surface area (Å²) in [4.78, 5) is 22.2. The van der Waals surface area contributed by atoms with Crippen molar-refractivity contribution in [3.8, 4) is 0 Å². The zero-order chi connectivity index (χ0) is 11.8. The Bertz CT molecular complexity index is 217. The van der Waals surface area contributed by atoms with Crippen molar-refractivity contribution in [2.45, 2.75) is 26.0 Å². The van der Waals surface area contributed by atoms with E-state index in [0.29, 0.717) is 0 Å². The number of carbonyl (C=O) groups excluding carboxylic acids is 2. The number of esters is 1. The lowest BCUT2D eigenvalue weighted by Gasteiger charge is -2.14. The Kier molecular flexibility index (Phi) is 6.64. The molecule has 0 aromatic rings. The maximum atomic E-state index is 11.2. The summed E-state index contributed by atoms with van der Waals surface area (Å²) in [5.41, 5.74) is 0. The van der Waals surface area contributed by atoms with Crippen LogP contribution in [0.25, 0.3) is 0 Å². The van der Waals surface area contributed by atoms with Crippen LogP contribution in [0.5, 0.6) is 0 Å². The summed E-state index contributed by atoms with van der Waals surface area (Å²) < 4.78 is 9.39. The molecule has 0 heterocycles. The van der Waals surface area contributed by atoms with Gasteiger partial charge in [-0.05, 0) is 13.8 Å². The van der Waals surface area contributed by atoms with Crippen LogP contribution in [-0.4, -0.2) is 49.5 Å². The molecule has 0 aromatic heterocycles. The Hall–Kier alpha value is -1.14. The first-order valence-corrected chi connectivity index (χ1v) is 4.61. The van der Waals surface area contributed by atoms with Gasteiger partial charge in [-0.2, -0.15) is 0 Å². The third kappa shape index (κ3) is 6.03. The minimum atomic E-state index is -1.03. The number of aliphatic hydroxyl groups is 1. The molecule has 0 aliphatic rings. The number of carbonyl (C=O) groups is 2. The molecule has 0 aliphatic carbocycles. The van der Waals surface area contributed by atoms with E-state index in [2.05, 4.69) is 10.1 Å². The van der Waals surface area contributed by atoms with Crippen molar-refractivity contribution in [2.24, 2.45) is 0 Å². The van der Waals surface area contributed by atoms with Gasteiger partial charge in [0.05, 0.1) is 19.8 Å². The third-order valence-electron chi connectivity index (χ3n) is 1.55. The molecular formula is C9H17NO5. The summed E-state index contributed by atoms with van der Waals surface area (Å²) in [6.07, 6.45) is -0.0681. The first-order chi connectivity index (χ1) is 7.01. The van der Waals surface area contributed by atoms with Crippen LogP contribution in [-0.2, 0) is 19.1 Å². The predicted octanol–water partition coefficient (Wildman–Crippen LogP) is -0.938. The zero-order valence-corrected chi connectivity index (χ0v) is 9.15. The van der Waals surface area contributed by atoms with Crippen LogP contribution in [0.2, 0.25) is 0 Å². The van der Waals surface area contributed by atoms with Gasteiger partial charge >= 0.3 is 5.97 Å². The van der Waals surface area contributed by atoms with Crippen molar-refractivity contribution in [1.29, 1.82) is 0 Å². The van der Waals surface area contributed by atoms with Crippen molar-refractivity contribution in [3.63, 3.8) is 0 Å². The third-order valence-corrected chi connectivity index (χ3v) is 1.55. The molecule has 0 spiro atoms. The largest absolute Gasteiger partial charge is 0.467 e. The molecule has 0 bridgehead atoms. The lowest BCUT2D eigenvalue weighted by molar-refractivity contribution is -0.147. The van der Waals surface area contributed by atoms with Gasteiger partial charge in [0.1, 0.15) is 6.61 Å². The van der Waals surface area contributed by atoms with E-state index in [4.69, 9.17) is 9.84 Å². The van der Waals surface area contributed by atoms with E-state index >= 15 is 0 Å². The summed E-state index contributed by atoms with van der Waals surface area (Å²) in [6.45, 7) is 2.93. The van der Waals surface area contributed by atoms with Gasteiger partial charge in [0.25, 0.3) is 0 Å². The second kappa shape index (κ2) is 7.19. The average molecular weight is 219 g/mol. The van der Waals surface area contributed by atoms with E-state index in [1.807, 2.05) is 0 Å². The second-order valence-electron chi connectivity index (χ2n) is 3.19. The van der Waals surface area contributed by atoms with E-state index in [9.17, 15) is 9.59 Å². The van der Waals surface area contributed by atoms with E-state index in [1.54, 1.807) is 13.8 Å². The number of aliphatic hydroxyl groups excluding tert-OH is 1. The number of methoxy groups -OCH3 is 1. The molecule has 1 amide bonds. The van der Waals surface area contributed by atoms with Crippen LogP contribution in [0, 0.1) is 0 Å². The van der Waals surface area contributed by atoms with Gasteiger partial charge in [0, 0.05) is 0 Å². The maximum Gasteiger partial charge on any atom is 0.330 e. The van der Waals surface area contributed by atoms with Gasteiger partial charge in [-0.25, -0.2) is 4.79 Å². The Morgan fingerprint density at radius 1 is 1.40 bits per heavy atom. The van der Waals surface area contributed by atoms with E-state index in [0.717, 1.165) is 0 Å². The lowest BCUT2D eigenvalue weighted by atomic mass is 10.3. The second-order valence-corrected chi connectivity index (χ2v) is 3.19. The van der Waals surface area contributed by atoms with Crippen LogP contribution in [0.15, 0.2) is 0 Å². The minimum absolute atomic E-state index is 0.0681. The Labute approximate surface area is 88.6 Å². The van der Waals surface area contributed by atoms with Crippen molar-refractivity contribution in [1.82, 2.24) is 5.32 Å². The minimum Gasteiger partial charge on any atom is -0.467 e. The van der Waals surface area contributed by atoms with E-state index in [-0.39, 0.29) is 12.7 Å². The average Bonchev–Trinajstić information content (AvgIpc) is 2.21. The number of hydrogen-bond donors (Lipinski definition) is 2. The maximum absolute atomic E-state index is 11.2. The van der Waals surface area contributed by atoms with E-state index in [1.165, 1.54) is 7.11 Å². The van der Waals surface area contributed by atoms with Crippen LogP contribution >= 0.6 is 0 Å². The van der Waals surface area contributed by atoms with Crippen LogP contribution in [0.4, 0.5) is 0 Å². The molecular weight excluding hydrogens is 202 g/mol. The van der Waals surface area contributed by atoms with Crippen LogP contribution in [0.1, 0.15) is 13.8 Å². The molecule has 0 aromatic carbocycles. The van der Waals surface area contributed by atoms with Gasteiger partial charge in [0.15, 0.2) is 6.04 Å². The fourth-order valence-corrected chi connectivity index (χ4v) is 0.800. The molecule has 2 N–H and O–H groups in total. The van der Waals surface area contributed by atoms with Crippen molar-refractivity contribution in [3.05, 3.63) is 0 Å². The number of nitrogens with one attached hydrogen (secondary N) is 1. The summed E-state index contributed by atoms with van der Waals surface area (Å²) in [7, 11) is 1.18. The van der Waals surface area contributed by atoms with Crippen molar-refractivity contribution < 1.29 is 24.2 Å². The quantitative estimate of drug-likeness (QED) is 0.563. The topological polar surface area (TPSA) is 84.9 Å². The first-order valence-electron chi connectivity index (χ1n) is 4.61. The van der Waals surface area contributed by atoms with Gasteiger partial charge < -0.3 is 19.9 Å². The van der Waals surface area contributed by atoms with Crippen molar-refractivity contribution in [2.75, 3.05) is 20.3 Å². The molecule has 0 rings (SSSR count). The fraction of sp³-hybridized carbons (Fsp3) is 0.778. The standard InChI is InChI=1S/C9H17NO5/c1-6(2)15-5-8(12)10-7(4-11)9(13)14-3/h6-7,11H,4-5H2,1-3H3,(H,10,12).